The molecule has 2 rings (SSSR count). The zero-order chi connectivity index (χ0) is 17.0. The fraction of sp³-hybridized carbons (Fsp3) is 0.263. The first kappa shape index (κ1) is 16.7. The molecule has 0 N–H and O–H groups in total. The number of aryl methyl sites for hydroxylation is 3. The van der Waals surface area contributed by atoms with E-state index >= 15 is 0 Å². The van der Waals surface area contributed by atoms with E-state index in [-0.39, 0.29) is 12.4 Å². The van der Waals surface area contributed by atoms with Gasteiger partial charge >= 0.3 is 5.97 Å². The lowest BCUT2D eigenvalue weighted by Crippen LogP contribution is -2.14. The summed E-state index contributed by atoms with van der Waals surface area (Å²) in [6, 6.07) is 10.5. The van der Waals surface area contributed by atoms with Crippen molar-refractivity contribution in [1.29, 1.82) is 0 Å². The Labute approximate surface area is 136 Å². The SMILES string of the molecule is COc1cc(C(=O)OCC(=O)c2ccc(C)c(C)c2)ccc1C. The number of carbonyl (C=O) groups excluding carboxylic acids is 2. The van der Waals surface area contributed by atoms with Gasteiger partial charge in [-0.3, -0.25) is 4.79 Å². The Morgan fingerprint density at radius 1 is 0.870 bits per heavy atom. The molecule has 0 aromatic heterocycles. The molecule has 0 aliphatic heterocycles. The molecule has 0 radical (unpaired) electrons. The molecule has 0 saturated heterocycles. The third-order valence-corrected chi connectivity index (χ3v) is 3.81. The lowest BCUT2D eigenvalue weighted by molar-refractivity contribution is 0.0474. The number of ketones is 1. The average Bonchev–Trinajstić information content (AvgIpc) is 2.55. The van der Waals surface area contributed by atoms with Crippen molar-refractivity contribution in [3.8, 4) is 5.75 Å². The first-order valence-corrected chi connectivity index (χ1v) is 7.34. The van der Waals surface area contributed by atoms with Crippen LogP contribution < -0.4 is 4.74 Å². The molecule has 0 atom stereocenters. The van der Waals surface area contributed by atoms with Gasteiger partial charge < -0.3 is 9.47 Å². The number of ether oxygens (including phenoxy) is 2. The second kappa shape index (κ2) is 7.09. The maximum absolute atomic E-state index is 12.1. The third kappa shape index (κ3) is 3.97. The first-order valence-electron chi connectivity index (χ1n) is 7.34. The van der Waals surface area contributed by atoms with Gasteiger partial charge in [0.1, 0.15) is 5.75 Å². The van der Waals surface area contributed by atoms with Crippen LogP contribution in [0.5, 0.6) is 5.75 Å². The van der Waals surface area contributed by atoms with E-state index in [0.29, 0.717) is 16.9 Å². The maximum atomic E-state index is 12.1. The molecule has 0 heterocycles. The third-order valence-electron chi connectivity index (χ3n) is 3.81. The van der Waals surface area contributed by atoms with Gasteiger partial charge in [-0.05, 0) is 55.7 Å². The van der Waals surface area contributed by atoms with Crippen molar-refractivity contribution in [3.05, 3.63) is 64.2 Å². The molecule has 0 amide bonds. The van der Waals surface area contributed by atoms with E-state index in [1.807, 2.05) is 26.8 Å². The number of methoxy groups -OCH3 is 1. The minimum Gasteiger partial charge on any atom is -0.496 e. The highest BCUT2D eigenvalue weighted by atomic mass is 16.5. The summed E-state index contributed by atoms with van der Waals surface area (Å²) in [5, 5.41) is 0. The van der Waals surface area contributed by atoms with Gasteiger partial charge in [-0.1, -0.05) is 18.2 Å². The van der Waals surface area contributed by atoms with Crippen LogP contribution in [0, 0.1) is 20.8 Å². The molecule has 23 heavy (non-hydrogen) atoms. The molecular weight excluding hydrogens is 292 g/mol. The predicted molar refractivity (Wildman–Crippen MR) is 88.3 cm³/mol. The molecule has 0 bridgehead atoms. The highest BCUT2D eigenvalue weighted by Crippen LogP contribution is 2.19. The molecule has 2 aromatic rings. The molecule has 0 saturated carbocycles. The molecule has 0 fully saturated rings. The van der Waals surface area contributed by atoms with Crippen molar-refractivity contribution in [2.45, 2.75) is 20.8 Å². The lowest BCUT2D eigenvalue weighted by Gasteiger charge is -2.08. The smallest absolute Gasteiger partial charge is 0.338 e. The zero-order valence-corrected chi connectivity index (χ0v) is 13.8. The molecule has 4 nitrogen and oxygen atoms in total. The van der Waals surface area contributed by atoms with E-state index < -0.39 is 5.97 Å². The van der Waals surface area contributed by atoms with Gasteiger partial charge in [0.25, 0.3) is 0 Å². The second-order valence-electron chi connectivity index (χ2n) is 5.48. The zero-order valence-electron chi connectivity index (χ0n) is 13.8. The molecule has 0 unspecified atom stereocenters. The van der Waals surface area contributed by atoms with Gasteiger partial charge in [0, 0.05) is 5.56 Å². The Kier molecular flexibility index (Phi) is 5.16. The maximum Gasteiger partial charge on any atom is 0.338 e. The van der Waals surface area contributed by atoms with Crippen molar-refractivity contribution in [3.63, 3.8) is 0 Å². The van der Waals surface area contributed by atoms with Gasteiger partial charge in [-0.2, -0.15) is 0 Å². The van der Waals surface area contributed by atoms with Gasteiger partial charge in [-0.25, -0.2) is 4.79 Å². The molecule has 0 aliphatic rings. The molecule has 0 aliphatic carbocycles. The van der Waals surface area contributed by atoms with Crippen molar-refractivity contribution >= 4 is 11.8 Å². The van der Waals surface area contributed by atoms with Crippen LogP contribution in [0.25, 0.3) is 0 Å². The first-order chi connectivity index (χ1) is 10.9. The van der Waals surface area contributed by atoms with Crippen molar-refractivity contribution in [2.75, 3.05) is 13.7 Å². The summed E-state index contributed by atoms with van der Waals surface area (Å²) in [6.07, 6.45) is 0. The second-order valence-corrected chi connectivity index (χ2v) is 5.48. The van der Waals surface area contributed by atoms with E-state index in [0.717, 1.165) is 16.7 Å². The van der Waals surface area contributed by atoms with Gasteiger partial charge in [0.2, 0.25) is 0 Å². The minimum atomic E-state index is -0.541. The minimum absolute atomic E-state index is 0.222. The Bertz CT molecular complexity index is 747. The van der Waals surface area contributed by atoms with Crippen LogP contribution in [0.15, 0.2) is 36.4 Å². The number of benzene rings is 2. The van der Waals surface area contributed by atoms with Crippen LogP contribution in [0.3, 0.4) is 0 Å². The van der Waals surface area contributed by atoms with Crippen LogP contribution in [0.1, 0.15) is 37.4 Å². The molecule has 2 aromatic carbocycles. The number of hydrogen-bond acceptors (Lipinski definition) is 4. The van der Waals surface area contributed by atoms with E-state index in [1.165, 1.54) is 0 Å². The van der Waals surface area contributed by atoms with Gasteiger partial charge in [0.05, 0.1) is 12.7 Å². The number of esters is 1. The fourth-order valence-corrected chi connectivity index (χ4v) is 2.16. The van der Waals surface area contributed by atoms with E-state index in [2.05, 4.69) is 0 Å². The largest absolute Gasteiger partial charge is 0.496 e. The van der Waals surface area contributed by atoms with Crippen LogP contribution >= 0.6 is 0 Å². The number of hydrogen-bond donors (Lipinski definition) is 0. The molecule has 4 heteroatoms. The normalized spacial score (nSPS) is 10.3. The number of carbonyl (C=O) groups is 2. The molecule has 0 spiro atoms. The average molecular weight is 312 g/mol. The van der Waals surface area contributed by atoms with Crippen molar-refractivity contribution < 1.29 is 19.1 Å². The van der Waals surface area contributed by atoms with Gasteiger partial charge in [-0.15, -0.1) is 0 Å². The summed E-state index contributed by atoms with van der Waals surface area (Å²) >= 11 is 0. The van der Waals surface area contributed by atoms with Crippen LogP contribution in [0.4, 0.5) is 0 Å². The Morgan fingerprint density at radius 3 is 2.17 bits per heavy atom. The van der Waals surface area contributed by atoms with E-state index in [4.69, 9.17) is 9.47 Å². The van der Waals surface area contributed by atoms with E-state index in [9.17, 15) is 9.59 Å². The summed E-state index contributed by atoms with van der Waals surface area (Å²) in [7, 11) is 1.54. The number of rotatable bonds is 5. The van der Waals surface area contributed by atoms with E-state index in [1.54, 1.807) is 37.4 Å². The highest BCUT2D eigenvalue weighted by molar-refractivity contribution is 5.99. The summed E-state index contributed by atoms with van der Waals surface area (Å²) in [5.74, 6) is -0.152. The van der Waals surface area contributed by atoms with Gasteiger partial charge in [0.15, 0.2) is 12.4 Å². The van der Waals surface area contributed by atoms with Crippen molar-refractivity contribution in [2.24, 2.45) is 0 Å². The Morgan fingerprint density at radius 2 is 1.52 bits per heavy atom. The Balaban J connectivity index is 2.03. The summed E-state index contributed by atoms with van der Waals surface area (Å²) in [4.78, 5) is 24.2. The summed E-state index contributed by atoms with van der Waals surface area (Å²) in [5.41, 5.74) is 3.98. The summed E-state index contributed by atoms with van der Waals surface area (Å²) < 4.78 is 10.3. The topological polar surface area (TPSA) is 52.6 Å². The molecular formula is C19H20O4. The molecule has 120 valence electrons. The van der Waals surface area contributed by atoms with Crippen LogP contribution in [0.2, 0.25) is 0 Å². The summed E-state index contributed by atoms with van der Waals surface area (Å²) in [6.45, 7) is 5.53. The Hall–Kier alpha value is -2.62. The van der Waals surface area contributed by atoms with Crippen LogP contribution in [-0.4, -0.2) is 25.5 Å². The van der Waals surface area contributed by atoms with Crippen molar-refractivity contribution in [1.82, 2.24) is 0 Å². The lowest BCUT2D eigenvalue weighted by atomic mass is 10.0. The fourth-order valence-electron chi connectivity index (χ4n) is 2.16. The van der Waals surface area contributed by atoms with Crippen LogP contribution in [-0.2, 0) is 4.74 Å². The highest BCUT2D eigenvalue weighted by Gasteiger charge is 2.13. The monoisotopic (exact) mass is 312 g/mol. The quantitative estimate of drug-likeness (QED) is 0.624. The standard InChI is InChI=1S/C19H20O4/c1-12-5-7-15(9-14(12)3)17(20)11-23-19(21)16-8-6-13(2)18(10-16)22-4/h5-10H,11H2,1-4H3. The predicted octanol–water partition coefficient (Wildman–Crippen LogP) is 3.66. The number of Topliss-reactive ketones (excluding diaryl/α,β-unsaturated/α-hetero) is 1.